The lowest BCUT2D eigenvalue weighted by atomic mass is 9.89. The number of allylic oxidation sites excluding steroid dienone is 2. The van der Waals surface area contributed by atoms with E-state index in [0.29, 0.717) is 17.6 Å². The Bertz CT molecular complexity index is 1090. The average molecular weight is 533 g/mol. The zero-order valence-corrected chi connectivity index (χ0v) is 24.3. The van der Waals surface area contributed by atoms with Gasteiger partial charge in [-0.1, -0.05) is 92.8 Å². The number of quaternary nitrogens is 1. The van der Waals surface area contributed by atoms with Crippen LogP contribution in [0.2, 0.25) is 0 Å². The molecule has 0 atom stereocenters. The summed E-state index contributed by atoms with van der Waals surface area (Å²) in [4.78, 5) is 25.3. The zero-order chi connectivity index (χ0) is 28.1. The number of hydrogen-bond acceptors (Lipinski definition) is 4. The molecule has 3 rings (SSSR count). The van der Waals surface area contributed by atoms with Crippen LogP contribution in [0, 0.1) is 0 Å². The molecule has 1 aliphatic rings. The molecular weight excluding hydrogens is 486 g/mol. The first-order valence-electron chi connectivity index (χ1n) is 14.4. The Morgan fingerprint density at radius 1 is 0.615 bits per heavy atom. The summed E-state index contributed by atoms with van der Waals surface area (Å²) in [7, 11) is 5.19. The fourth-order valence-corrected chi connectivity index (χ4v) is 5.61. The summed E-state index contributed by atoms with van der Waals surface area (Å²) in [6.07, 6.45) is 9.93. The number of ether oxygens (including phenoxy) is 2. The Kier molecular flexibility index (Phi) is 12.0. The third-order valence-corrected chi connectivity index (χ3v) is 7.78. The minimum absolute atomic E-state index is 0.0167. The molecule has 0 radical (unpaired) electrons. The number of nitrogens with zero attached hydrogens (tertiary/aromatic N) is 1. The molecule has 39 heavy (non-hydrogen) atoms. The highest BCUT2D eigenvalue weighted by Gasteiger charge is 2.34. The van der Waals surface area contributed by atoms with Crippen LogP contribution < -0.4 is 0 Å². The third-order valence-electron chi connectivity index (χ3n) is 7.78. The van der Waals surface area contributed by atoms with Crippen LogP contribution in [-0.2, 0) is 32.2 Å². The molecule has 0 saturated heterocycles. The number of hydrogen-bond donors (Lipinski definition) is 0. The van der Waals surface area contributed by atoms with Gasteiger partial charge in [-0.2, -0.15) is 0 Å². The van der Waals surface area contributed by atoms with Crippen molar-refractivity contribution in [2.45, 2.75) is 77.8 Å². The molecule has 5 heteroatoms. The van der Waals surface area contributed by atoms with Crippen molar-refractivity contribution >= 4 is 11.6 Å². The van der Waals surface area contributed by atoms with Gasteiger partial charge >= 0.3 is 0 Å². The molecule has 0 spiro atoms. The monoisotopic (exact) mass is 532 g/mol. The van der Waals surface area contributed by atoms with E-state index in [2.05, 4.69) is 67.7 Å². The first kappa shape index (κ1) is 30.4. The molecule has 2 aromatic rings. The average Bonchev–Trinajstić information content (AvgIpc) is 2.94. The van der Waals surface area contributed by atoms with Crippen molar-refractivity contribution in [2.24, 2.45) is 0 Å². The maximum atomic E-state index is 12.7. The van der Waals surface area contributed by atoms with Crippen LogP contribution in [0.25, 0.3) is 0 Å². The number of rotatable bonds is 17. The van der Waals surface area contributed by atoms with Gasteiger partial charge in [-0.3, -0.25) is 9.59 Å². The largest absolute Gasteiger partial charge is 0.489 e. The Labute approximate surface area is 235 Å². The van der Waals surface area contributed by atoms with Gasteiger partial charge in [0.2, 0.25) is 23.1 Å². The van der Waals surface area contributed by atoms with Gasteiger partial charge in [-0.25, -0.2) is 0 Å². The third kappa shape index (κ3) is 8.93. The molecule has 0 saturated carbocycles. The Morgan fingerprint density at radius 3 is 1.54 bits per heavy atom. The number of benzene rings is 2. The van der Waals surface area contributed by atoms with E-state index < -0.39 is 0 Å². The predicted octanol–water partition coefficient (Wildman–Crippen LogP) is 7.32. The molecule has 1 aliphatic carbocycles. The quantitative estimate of drug-likeness (QED) is 0.122. The number of carbonyl (C=O) groups excluding carboxylic acids is 2. The molecule has 0 aromatic heterocycles. The van der Waals surface area contributed by atoms with E-state index in [9.17, 15) is 9.59 Å². The number of carbonyl (C=O) groups is 2. The molecule has 0 N–H and O–H groups in total. The molecule has 0 bridgehead atoms. The standard InChI is InChI=1S/C34H46NO4/c1-27-30(32(37)34(39-4)33(38-3)31(27)36)23-17-9-7-5-6-8-10-18-24-35(2,25-28-19-13-11-14-20-28)26-29-21-15-12-16-22-29/h11-16,19-22H,5-10,17-18,23-26H2,1-4H3/q+1. The van der Waals surface area contributed by atoms with Gasteiger partial charge in [0.05, 0.1) is 27.8 Å². The topological polar surface area (TPSA) is 52.6 Å². The fraction of sp³-hybridized carbons (Fsp3) is 0.471. The first-order valence-corrected chi connectivity index (χ1v) is 14.4. The number of unbranched alkanes of at least 4 members (excludes halogenated alkanes) is 7. The SMILES string of the molecule is COC1=C(OC)C(=O)C(CCCCCCCCCC[N+](C)(Cc2ccccc2)Cc2ccccc2)=C(C)C1=O. The highest BCUT2D eigenvalue weighted by molar-refractivity contribution is 6.23. The van der Waals surface area contributed by atoms with Crippen molar-refractivity contribution in [3.63, 3.8) is 0 Å². The predicted molar refractivity (Wildman–Crippen MR) is 157 cm³/mol. The minimum Gasteiger partial charge on any atom is -0.489 e. The molecule has 0 fully saturated rings. The highest BCUT2D eigenvalue weighted by Crippen LogP contribution is 2.29. The second-order valence-corrected chi connectivity index (χ2v) is 11.0. The molecule has 5 nitrogen and oxygen atoms in total. The first-order chi connectivity index (χ1) is 18.9. The summed E-state index contributed by atoms with van der Waals surface area (Å²) in [5.74, 6) is -0.407. The second kappa shape index (κ2) is 15.4. The van der Waals surface area contributed by atoms with Gasteiger partial charge in [0, 0.05) is 22.3 Å². The van der Waals surface area contributed by atoms with Gasteiger partial charge in [-0.15, -0.1) is 0 Å². The second-order valence-electron chi connectivity index (χ2n) is 11.0. The van der Waals surface area contributed by atoms with Crippen LogP contribution in [0.4, 0.5) is 0 Å². The Balaban J connectivity index is 1.35. The van der Waals surface area contributed by atoms with Gasteiger partial charge in [-0.05, 0) is 32.6 Å². The minimum atomic E-state index is -0.244. The van der Waals surface area contributed by atoms with Gasteiger partial charge in [0.1, 0.15) is 13.1 Å². The zero-order valence-electron chi connectivity index (χ0n) is 24.3. The number of methoxy groups -OCH3 is 2. The summed E-state index contributed by atoms with van der Waals surface area (Å²) >= 11 is 0. The van der Waals surface area contributed by atoms with Crippen molar-refractivity contribution in [2.75, 3.05) is 27.8 Å². The Morgan fingerprint density at radius 2 is 1.05 bits per heavy atom. The molecule has 0 unspecified atom stereocenters. The normalized spacial score (nSPS) is 14.3. The van der Waals surface area contributed by atoms with Gasteiger partial charge in [0.25, 0.3) is 0 Å². The van der Waals surface area contributed by atoms with Crippen molar-refractivity contribution in [1.82, 2.24) is 0 Å². The van der Waals surface area contributed by atoms with E-state index in [-0.39, 0.29) is 23.1 Å². The molecule has 210 valence electrons. The summed E-state index contributed by atoms with van der Waals surface area (Å²) in [5.41, 5.74) is 3.86. The summed E-state index contributed by atoms with van der Waals surface area (Å²) in [6, 6.07) is 21.7. The van der Waals surface area contributed by atoms with E-state index in [0.717, 1.165) is 36.8 Å². The number of Topliss-reactive ketones (excluding diaryl/α,β-unsaturated/α-hetero) is 2. The van der Waals surface area contributed by atoms with Crippen LogP contribution in [-0.4, -0.2) is 43.9 Å². The van der Waals surface area contributed by atoms with E-state index in [1.807, 2.05) is 0 Å². The summed E-state index contributed by atoms with van der Waals surface area (Å²) in [5, 5.41) is 0. The van der Waals surface area contributed by atoms with E-state index in [4.69, 9.17) is 9.47 Å². The number of ketones is 2. The maximum Gasteiger partial charge on any atom is 0.228 e. The van der Waals surface area contributed by atoms with Crippen LogP contribution >= 0.6 is 0 Å². The fourth-order valence-electron chi connectivity index (χ4n) is 5.61. The van der Waals surface area contributed by atoms with E-state index >= 15 is 0 Å². The van der Waals surface area contributed by atoms with Crippen LogP contribution in [0.15, 0.2) is 83.3 Å². The lowest BCUT2D eigenvalue weighted by Gasteiger charge is -2.35. The highest BCUT2D eigenvalue weighted by atomic mass is 16.5. The van der Waals surface area contributed by atoms with Crippen LogP contribution in [0.3, 0.4) is 0 Å². The lowest BCUT2D eigenvalue weighted by molar-refractivity contribution is -0.935. The molecular formula is C34H46NO4+. The van der Waals surface area contributed by atoms with E-state index in [1.165, 1.54) is 64.0 Å². The van der Waals surface area contributed by atoms with E-state index in [1.54, 1.807) is 6.92 Å². The smallest absolute Gasteiger partial charge is 0.228 e. The maximum absolute atomic E-state index is 12.7. The molecule has 0 amide bonds. The van der Waals surface area contributed by atoms with Crippen LogP contribution in [0.1, 0.15) is 75.8 Å². The Hall–Kier alpha value is -3.18. The summed E-state index contributed by atoms with van der Waals surface area (Å²) in [6.45, 7) is 4.99. The van der Waals surface area contributed by atoms with Crippen molar-refractivity contribution in [3.8, 4) is 0 Å². The molecule has 2 aromatic carbocycles. The van der Waals surface area contributed by atoms with Crippen molar-refractivity contribution < 1.29 is 23.5 Å². The van der Waals surface area contributed by atoms with Crippen LogP contribution in [0.5, 0.6) is 0 Å². The van der Waals surface area contributed by atoms with Gasteiger partial charge in [0.15, 0.2) is 0 Å². The lowest BCUT2D eigenvalue weighted by Crippen LogP contribution is -2.43. The summed E-state index contributed by atoms with van der Waals surface area (Å²) < 4.78 is 11.3. The van der Waals surface area contributed by atoms with Crippen molar-refractivity contribution in [1.29, 1.82) is 0 Å². The molecule has 0 heterocycles. The van der Waals surface area contributed by atoms with Gasteiger partial charge < -0.3 is 14.0 Å². The van der Waals surface area contributed by atoms with Crippen molar-refractivity contribution in [3.05, 3.63) is 94.5 Å². The molecule has 0 aliphatic heterocycles.